The zero-order valence-electron chi connectivity index (χ0n) is 10.0. The number of hydrogen-bond donors (Lipinski definition) is 2. The maximum atomic E-state index is 10.8. The first kappa shape index (κ1) is 13.8. The van der Waals surface area contributed by atoms with Gasteiger partial charge in [0.2, 0.25) is 0 Å². The average Bonchev–Trinajstić information content (AvgIpc) is 2.34. The summed E-state index contributed by atoms with van der Waals surface area (Å²) in [6.45, 7) is 0. The molecule has 0 spiro atoms. The number of aliphatic carboxylic acids is 2. The highest BCUT2D eigenvalue weighted by molar-refractivity contribution is 5.93. The van der Waals surface area contributed by atoms with Crippen molar-refractivity contribution in [2.45, 2.75) is 6.42 Å². The molecular formula is C12H14O6. The first-order chi connectivity index (χ1) is 8.49. The maximum Gasteiger partial charge on any atom is 0.318 e. The summed E-state index contributed by atoms with van der Waals surface area (Å²) in [7, 11) is 2.93. The van der Waals surface area contributed by atoms with Crippen LogP contribution in [0.3, 0.4) is 0 Å². The van der Waals surface area contributed by atoms with Crippen molar-refractivity contribution in [3.8, 4) is 11.5 Å². The van der Waals surface area contributed by atoms with Crippen molar-refractivity contribution in [3.63, 3.8) is 0 Å². The lowest BCUT2D eigenvalue weighted by Gasteiger charge is -2.11. The van der Waals surface area contributed by atoms with Crippen LogP contribution in [0.2, 0.25) is 0 Å². The molecule has 0 saturated heterocycles. The predicted molar refractivity (Wildman–Crippen MR) is 62.0 cm³/mol. The molecule has 1 aromatic carbocycles. The molecule has 6 nitrogen and oxygen atoms in total. The van der Waals surface area contributed by atoms with E-state index in [-0.39, 0.29) is 6.42 Å². The Hall–Kier alpha value is -2.24. The van der Waals surface area contributed by atoms with Crippen molar-refractivity contribution >= 4 is 11.9 Å². The van der Waals surface area contributed by atoms with Gasteiger partial charge in [0, 0.05) is 0 Å². The quantitative estimate of drug-likeness (QED) is 0.736. The van der Waals surface area contributed by atoms with Crippen molar-refractivity contribution in [1.29, 1.82) is 0 Å². The lowest BCUT2D eigenvalue weighted by Crippen LogP contribution is -2.25. The number of rotatable bonds is 6. The zero-order chi connectivity index (χ0) is 13.7. The van der Waals surface area contributed by atoms with E-state index in [2.05, 4.69) is 0 Å². The summed E-state index contributed by atoms with van der Waals surface area (Å²) in [6, 6.07) is 4.78. The van der Waals surface area contributed by atoms with Gasteiger partial charge in [-0.05, 0) is 24.1 Å². The molecular weight excluding hydrogens is 240 g/mol. The van der Waals surface area contributed by atoms with Gasteiger partial charge in [-0.2, -0.15) is 0 Å². The summed E-state index contributed by atoms with van der Waals surface area (Å²) >= 11 is 0. The lowest BCUT2D eigenvalue weighted by molar-refractivity contribution is -0.154. The first-order valence-electron chi connectivity index (χ1n) is 5.16. The summed E-state index contributed by atoms with van der Waals surface area (Å²) in [6.07, 6.45) is -0.106. The van der Waals surface area contributed by atoms with E-state index in [9.17, 15) is 9.59 Å². The molecule has 0 heterocycles. The Morgan fingerprint density at radius 1 is 1.11 bits per heavy atom. The highest BCUT2D eigenvalue weighted by Gasteiger charge is 2.26. The van der Waals surface area contributed by atoms with Crippen LogP contribution in [0.15, 0.2) is 18.2 Å². The summed E-state index contributed by atoms with van der Waals surface area (Å²) < 4.78 is 10.1. The van der Waals surface area contributed by atoms with Gasteiger partial charge in [0.25, 0.3) is 0 Å². The van der Waals surface area contributed by atoms with Gasteiger partial charge in [0.05, 0.1) is 14.2 Å². The minimum absolute atomic E-state index is 0.106. The molecule has 0 radical (unpaired) electrons. The molecule has 0 unspecified atom stereocenters. The highest BCUT2D eigenvalue weighted by atomic mass is 16.5. The Kier molecular flexibility index (Phi) is 4.53. The Morgan fingerprint density at radius 3 is 2.11 bits per heavy atom. The van der Waals surface area contributed by atoms with E-state index in [0.717, 1.165) is 0 Å². The second kappa shape index (κ2) is 5.90. The molecule has 0 saturated carbocycles. The summed E-state index contributed by atoms with van der Waals surface area (Å²) in [5, 5.41) is 17.6. The second-order valence-electron chi connectivity index (χ2n) is 3.62. The number of methoxy groups -OCH3 is 2. The minimum Gasteiger partial charge on any atom is -0.493 e. The monoisotopic (exact) mass is 254 g/mol. The molecule has 0 atom stereocenters. The van der Waals surface area contributed by atoms with Crippen LogP contribution in [0.1, 0.15) is 5.56 Å². The molecule has 1 rings (SSSR count). The highest BCUT2D eigenvalue weighted by Crippen LogP contribution is 2.28. The number of carbonyl (C=O) groups is 2. The van der Waals surface area contributed by atoms with E-state index in [4.69, 9.17) is 19.7 Å². The molecule has 0 aliphatic rings. The van der Waals surface area contributed by atoms with Crippen LogP contribution in [0.5, 0.6) is 11.5 Å². The molecule has 0 amide bonds. The van der Waals surface area contributed by atoms with E-state index in [0.29, 0.717) is 17.1 Å². The van der Waals surface area contributed by atoms with Gasteiger partial charge >= 0.3 is 11.9 Å². The van der Waals surface area contributed by atoms with E-state index in [1.807, 2.05) is 0 Å². The van der Waals surface area contributed by atoms with Gasteiger partial charge in [-0.1, -0.05) is 6.07 Å². The van der Waals surface area contributed by atoms with Gasteiger partial charge in [-0.15, -0.1) is 0 Å². The molecule has 0 aliphatic heterocycles. The van der Waals surface area contributed by atoms with Gasteiger partial charge in [-0.25, -0.2) is 0 Å². The van der Waals surface area contributed by atoms with Crippen LogP contribution < -0.4 is 9.47 Å². The fourth-order valence-corrected chi connectivity index (χ4v) is 1.52. The number of carboxylic acid groups (broad SMARTS) is 2. The molecule has 0 bridgehead atoms. The second-order valence-corrected chi connectivity index (χ2v) is 3.62. The molecule has 2 N–H and O–H groups in total. The smallest absolute Gasteiger partial charge is 0.318 e. The normalized spacial score (nSPS) is 10.2. The van der Waals surface area contributed by atoms with Gasteiger partial charge < -0.3 is 19.7 Å². The van der Waals surface area contributed by atoms with Crippen LogP contribution in [-0.4, -0.2) is 36.4 Å². The van der Waals surface area contributed by atoms with Crippen molar-refractivity contribution in [3.05, 3.63) is 23.8 Å². The summed E-state index contributed by atoms with van der Waals surface area (Å²) in [4.78, 5) is 21.6. The number of ether oxygens (including phenoxy) is 2. The summed E-state index contributed by atoms with van der Waals surface area (Å²) in [5.74, 6) is -3.26. The average molecular weight is 254 g/mol. The standard InChI is InChI=1S/C12H14O6/c1-17-9-4-3-7(6-10(9)18-2)5-8(11(13)14)12(15)16/h3-4,6,8H,5H2,1-2H3,(H,13,14)(H,15,16). The number of carboxylic acids is 2. The fraction of sp³-hybridized carbons (Fsp3) is 0.333. The van der Waals surface area contributed by atoms with Gasteiger partial charge in [-0.3, -0.25) is 9.59 Å². The largest absolute Gasteiger partial charge is 0.493 e. The molecule has 0 aliphatic carbocycles. The van der Waals surface area contributed by atoms with Crippen molar-refractivity contribution in [2.24, 2.45) is 5.92 Å². The third kappa shape index (κ3) is 3.13. The van der Waals surface area contributed by atoms with E-state index < -0.39 is 17.9 Å². The van der Waals surface area contributed by atoms with Crippen LogP contribution in [0, 0.1) is 5.92 Å². The molecule has 0 fully saturated rings. The zero-order valence-corrected chi connectivity index (χ0v) is 10.0. The van der Waals surface area contributed by atoms with Crippen molar-refractivity contribution < 1.29 is 29.3 Å². The molecule has 98 valence electrons. The Labute approximate surface area is 104 Å². The Morgan fingerprint density at radius 2 is 1.67 bits per heavy atom. The molecule has 6 heteroatoms. The van der Waals surface area contributed by atoms with Crippen molar-refractivity contribution in [2.75, 3.05) is 14.2 Å². The third-order valence-electron chi connectivity index (χ3n) is 2.48. The minimum atomic E-state index is -1.47. The summed E-state index contributed by atoms with van der Waals surface area (Å²) in [5.41, 5.74) is 0.558. The number of hydrogen-bond acceptors (Lipinski definition) is 4. The SMILES string of the molecule is COc1ccc(CC(C(=O)O)C(=O)O)cc1OC. The molecule has 0 aromatic heterocycles. The maximum absolute atomic E-state index is 10.8. The first-order valence-corrected chi connectivity index (χ1v) is 5.16. The third-order valence-corrected chi connectivity index (χ3v) is 2.48. The predicted octanol–water partition coefficient (Wildman–Crippen LogP) is 1.03. The van der Waals surface area contributed by atoms with Crippen LogP contribution >= 0.6 is 0 Å². The van der Waals surface area contributed by atoms with E-state index in [1.54, 1.807) is 18.2 Å². The van der Waals surface area contributed by atoms with Crippen LogP contribution in [0.25, 0.3) is 0 Å². The van der Waals surface area contributed by atoms with E-state index >= 15 is 0 Å². The van der Waals surface area contributed by atoms with Crippen LogP contribution in [-0.2, 0) is 16.0 Å². The Balaban J connectivity index is 2.97. The number of benzene rings is 1. The van der Waals surface area contributed by atoms with E-state index in [1.165, 1.54) is 14.2 Å². The van der Waals surface area contributed by atoms with Crippen molar-refractivity contribution in [1.82, 2.24) is 0 Å². The topological polar surface area (TPSA) is 93.1 Å². The lowest BCUT2D eigenvalue weighted by atomic mass is 9.99. The Bertz CT molecular complexity index is 440. The van der Waals surface area contributed by atoms with Gasteiger partial charge in [0.15, 0.2) is 17.4 Å². The molecule has 1 aromatic rings. The molecule has 18 heavy (non-hydrogen) atoms. The fourth-order valence-electron chi connectivity index (χ4n) is 1.52. The van der Waals surface area contributed by atoms with Crippen LogP contribution in [0.4, 0.5) is 0 Å². The van der Waals surface area contributed by atoms with Gasteiger partial charge in [0.1, 0.15) is 0 Å².